The largest absolute Gasteiger partial charge is 0.365 e. The molecule has 1 saturated heterocycles. The molecule has 1 N–H and O–H groups in total. The maximum atomic E-state index is 12.0. The van der Waals surface area contributed by atoms with Crippen LogP contribution in [-0.4, -0.2) is 26.5 Å². The third-order valence-electron chi connectivity index (χ3n) is 3.39. The number of hydrogen-bond acceptors (Lipinski definition) is 5. The van der Waals surface area contributed by atoms with Crippen LogP contribution in [0, 0.1) is 11.3 Å². The number of nitrogens with zero attached hydrogens (tertiary/aromatic N) is 1. The lowest BCUT2D eigenvalue weighted by Crippen LogP contribution is -2.46. The number of sulfonamides is 1. The van der Waals surface area contributed by atoms with Gasteiger partial charge in [-0.05, 0) is 37.5 Å². The second-order valence-corrected chi connectivity index (χ2v) is 6.90. The molecule has 1 aromatic rings. The molecule has 6 nitrogen and oxygen atoms in total. The highest BCUT2D eigenvalue weighted by molar-refractivity contribution is 7.89. The molecule has 1 fully saturated rings. The summed E-state index contributed by atoms with van der Waals surface area (Å²) in [6.45, 7) is 2.05. The predicted octanol–water partition coefficient (Wildman–Crippen LogP) is 1.07. The summed E-state index contributed by atoms with van der Waals surface area (Å²) in [5.74, 6) is -0.950. The number of amides is 1. The van der Waals surface area contributed by atoms with Gasteiger partial charge in [-0.2, -0.15) is 5.26 Å². The minimum atomic E-state index is -3.79. The Morgan fingerprint density at radius 1 is 1.43 bits per heavy atom. The smallest absolute Gasteiger partial charge is 0.265 e. The van der Waals surface area contributed by atoms with Crippen LogP contribution in [0.2, 0.25) is 0 Å². The molecule has 0 spiro atoms. The molecule has 1 unspecified atom stereocenters. The quantitative estimate of drug-likeness (QED) is 0.897. The highest BCUT2D eigenvalue weighted by atomic mass is 32.2. The van der Waals surface area contributed by atoms with Crippen LogP contribution in [-0.2, 0) is 25.3 Å². The molecule has 1 aliphatic heterocycles. The first-order chi connectivity index (χ1) is 9.85. The summed E-state index contributed by atoms with van der Waals surface area (Å²) < 4.78 is 31.4. The van der Waals surface area contributed by atoms with Gasteiger partial charge >= 0.3 is 0 Å². The Hall–Kier alpha value is -1.91. The highest BCUT2D eigenvalue weighted by Crippen LogP contribution is 2.25. The molecular weight excluding hydrogens is 292 g/mol. The molecule has 21 heavy (non-hydrogen) atoms. The van der Waals surface area contributed by atoms with Gasteiger partial charge in [0.1, 0.15) is 5.60 Å². The van der Waals surface area contributed by atoms with E-state index in [1.54, 1.807) is 19.1 Å². The Kier molecular flexibility index (Phi) is 4.30. The summed E-state index contributed by atoms with van der Waals surface area (Å²) in [5, 5.41) is 8.69. The zero-order valence-electron chi connectivity index (χ0n) is 11.6. The lowest BCUT2D eigenvalue weighted by molar-refractivity contribution is -0.137. The summed E-state index contributed by atoms with van der Waals surface area (Å²) in [5.41, 5.74) is -0.114. The van der Waals surface area contributed by atoms with Gasteiger partial charge in [0, 0.05) is 6.61 Å². The number of benzene rings is 1. The molecule has 1 atom stereocenters. The molecule has 0 saturated carbocycles. The number of nitriles is 1. The molecule has 2 rings (SSSR count). The summed E-state index contributed by atoms with van der Waals surface area (Å²) >= 11 is 0. The van der Waals surface area contributed by atoms with Crippen LogP contribution >= 0.6 is 0 Å². The SMILES string of the molecule is CC1(C(=O)NS(=O)(=O)Cc2ccc(C#N)cc2)CCCO1. The Morgan fingerprint density at radius 2 is 2.10 bits per heavy atom. The average Bonchev–Trinajstić information content (AvgIpc) is 2.87. The van der Waals surface area contributed by atoms with Crippen molar-refractivity contribution in [3.05, 3.63) is 35.4 Å². The van der Waals surface area contributed by atoms with Crippen molar-refractivity contribution in [2.75, 3.05) is 6.61 Å². The maximum Gasteiger partial charge on any atom is 0.265 e. The van der Waals surface area contributed by atoms with Gasteiger partial charge in [0.25, 0.3) is 5.91 Å². The van der Waals surface area contributed by atoms with Crippen LogP contribution in [0.25, 0.3) is 0 Å². The van der Waals surface area contributed by atoms with Crippen molar-refractivity contribution in [2.45, 2.75) is 31.1 Å². The van der Waals surface area contributed by atoms with Crippen LogP contribution in [0.1, 0.15) is 30.9 Å². The van der Waals surface area contributed by atoms with E-state index in [0.29, 0.717) is 24.2 Å². The first kappa shape index (κ1) is 15.5. The zero-order chi connectivity index (χ0) is 15.5. The summed E-state index contributed by atoms with van der Waals surface area (Å²) in [7, 11) is -3.79. The minimum Gasteiger partial charge on any atom is -0.365 e. The van der Waals surface area contributed by atoms with Crippen molar-refractivity contribution in [1.29, 1.82) is 5.26 Å². The van der Waals surface area contributed by atoms with Crippen molar-refractivity contribution in [2.24, 2.45) is 0 Å². The molecule has 0 aromatic heterocycles. The Bertz CT molecular complexity index is 668. The third-order valence-corrected chi connectivity index (χ3v) is 4.60. The number of ether oxygens (including phenoxy) is 1. The van der Waals surface area contributed by atoms with E-state index in [2.05, 4.69) is 4.72 Å². The summed E-state index contributed by atoms with van der Waals surface area (Å²) in [6.07, 6.45) is 1.24. The number of hydrogen-bond donors (Lipinski definition) is 1. The Balaban J connectivity index is 2.04. The Morgan fingerprint density at radius 3 is 2.62 bits per heavy atom. The Labute approximate surface area is 123 Å². The second kappa shape index (κ2) is 5.84. The van der Waals surface area contributed by atoms with Gasteiger partial charge in [-0.15, -0.1) is 0 Å². The fraction of sp³-hybridized carbons (Fsp3) is 0.429. The molecule has 112 valence electrons. The van der Waals surface area contributed by atoms with Gasteiger partial charge in [-0.3, -0.25) is 9.52 Å². The van der Waals surface area contributed by atoms with Crippen molar-refractivity contribution in [3.63, 3.8) is 0 Å². The van der Waals surface area contributed by atoms with Gasteiger partial charge < -0.3 is 4.74 Å². The fourth-order valence-corrected chi connectivity index (χ4v) is 3.34. The maximum absolute atomic E-state index is 12.0. The first-order valence-corrected chi connectivity index (χ1v) is 8.18. The normalized spacial score (nSPS) is 21.7. The second-order valence-electron chi connectivity index (χ2n) is 5.18. The van der Waals surface area contributed by atoms with Gasteiger partial charge in [0.05, 0.1) is 17.4 Å². The fourth-order valence-electron chi connectivity index (χ4n) is 2.14. The monoisotopic (exact) mass is 308 g/mol. The van der Waals surface area contributed by atoms with Crippen LogP contribution in [0.15, 0.2) is 24.3 Å². The molecular formula is C14H16N2O4S. The van der Waals surface area contributed by atoms with E-state index in [4.69, 9.17) is 10.00 Å². The van der Waals surface area contributed by atoms with Gasteiger partial charge in [0.2, 0.25) is 10.0 Å². The van der Waals surface area contributed by atoms with E-state index >= 15 is 0 Å². The number of rotatable bonds is 4. The number of carbonyl (C=O) groups is 1. The van der Waals surface area contributed by atoms with Crippen molar-refractivity contribution in [1.82, 2.24) is 4.72 Å². The molecule has 0 radical (unpaired) electrons. The standard InChI is InChI=1S/C14H16N2O4S/c1-14(7-2-8-20-14)13(17)16-21(18,19)10-12-5-3-11(9-15)4-6-12/h3-6H,2,7-8,10H2,1H3,(H,16,17). The van der Waals surface area contributed by atoms with E-state index in [0.717, 1.165) is 6.42 Å². The topological polar surface area (TPSA) is 96.3 Å². The third kappa shape index (κ3) is 3.80. The van der Waals surface area contributed by atoms with Crippen LogP contribution in [0.5, 0.6) is 0 Å². The van der Waals surface area contributed by atoms with Gasteiger partial charge in [0.15, 0.2) is 0 Å². The van der Waals surface area contributed by atoms with Crippen LogP contribution in [0.4, 0.5) is 0 Å². The first-order valence-electron chi connectivity index (χ1n) is 6.53. The van der Waals surface area contributed by atoms with Crippen LogP contribution in [0.3, 0.4) is 0 Å². The van der Waals surface area contributed by atoms with Gasteiger partial charge in [-0.25, -0.2) is 8.42 Å². The van der Waals surface area contributed by atoms with E-state index < -0.39 is 21.5 Å². The molecule has 1 amide bonds. The van der Waals surface area contributed by atoms with Crippen LogP contribution < -0.4 is 4.72 Å². The molecule has 1 heterocycles. The van der Waals surface area contributed by atoms with E-state index in [1.165, 1.54) is 12.1 Å². The molecule has 0 aliphatic carbocycles. The molecule has 1 aliphatic rings. The number of nitrogens with one attached hydrogen (secondary N) is 1. The van der Waals surface area contributed by atoms with Gasteiger partial charge in [-0.1, -0.05) is 12.1 Å². The van der Waals surface area contributed by atoms with Crippen molar-refractivity contribution in [3.8, 4) is 6.07 Å². The van der Waals surface area contributed by atoms with E-state index in [-0.39, 0.29) is 5.75 Å². The van der Waals surface area contributed by atoms with E-state index in [1.807, 2.05) is 6.07 Å². The lowest BCUT2D eigenvalue weighted by atomic mass is 10.0. The zero-order valence-corrected chi connectivity index (χ0v) is 12.4. The summed E-state index contributed by atoms with van der Waals surface area (Å²) in [4.78, 5) is 12.0. The highest BCUT2D eigenvalue weighted by Gasteiger charge is 2.39. The predicted molar refractivity (Wildman–Crippen MR) is 75.5 cm³/mol. The molecule has 1 aromatic carbocycles. The van der Waals surface area contributed by atoms with E-state index in [9.17, 15) is 13.2 Å². The minimum absolute atomic E-state index is 0.319. The van der Waals surface area contributed by atoms with Crippen molar-refractivity contribution >= 4 is 15.9 Å². The summed E-state index contributed by atoms with van der Waals surface area (Å²) in [6, 6.07) is 8.13. The lowest BCUT2D eigenvalue weighted by Gasteiger charge is -2.21. The average molecular weight is 308 g/mol. The van der Waals surface area contributed by atoms with Crippen molar-refractivity contribution < 1.29 is 17.9 Å². The molecule has 0 bridgehead atoms. The number of carbonyl (C=O) groups excluding carboxylic acids is 1. The molecule has 7 heteroatoms.